The molecule has 0 aliphatic carbocycles. The third-order valence-corrected chi connectivity index (χ3v) is 7.81. The van der Waals surface area contributed by atoms with Crippen molar-refractivity contribution in [1.82, 2.24) is 4.57 Å². The Balaban J connectivity index is 1.60. The topological polar surface area (TPSA) is 119 Å². The highest BCUT2D eigenvalue weighted by atomic mass is 32.1. The number of fused-ring (bicyclic) bond motifs is 1. The molecule has 2 aromatic carbocycles. The van der Waals surface area contributed by atoms with Crippen LogP contribution in [0.4, 0.5) is 0 Å². The van der Waals surface area contributed by atoms with Gasteiger partial charge in [0.1, 0.15) is 29.1 Å². The normalized spacial score (nSPS) is 14.6. The van der Waals surface area contributed by atoms with Gasteiger partial charge in [0.25, 0.3) is 5.56 Å². The van der Waals surface area contributed by atoms with Crippen molar-refractivity contribution < 1.29 is 33.0 Å². The van der Waals surface area contributed by atoms with E-state index >= 15 is 0 Å². The number of hydrogen-bond donors (Lipinski definition) is 0. The Morgan fingerprint density at radius 2 is 1.70 bits per heavy atom. The highest BCUT2D eigenvalue weighted by Crippen LogP contribution is 2.37. The predicted molar refractivity (Wildman–Crippen MR) is 160 cm³/mol. The molecule has 0 saturated carbocycles. The van der Waals surface area contributed by atoms with Gasteiger partial charge in [-0.05, 0) is 63.2 Å². The number of carbonyl (C=O) groups excluding carboxylic acids is 2. The highest BCUT2D eigenvalue weighted by molar-refractivity contribution is 7.07. The van der Waals surface area contributed by atoms with Crippen LogP contribution in [0.25, 0.3) is 17.4 Å². The van der Waals surface area contributed by atoms with Gasteiger partial charge in [0.2, 0.25) is 0 Å². The van der Waals surface area contributed by atoms with Crippen LogP contribution in [-0.4, -0.2) is 43.9 Å². The van der Waals surface area contributed by atoms with E-state index in [9.17, 15) is 14.4 Å². The zero-order valence-corrected chi connectivity index (χ0v) is 25.2. The van der Waals surface area contributed by atoms with Crippen molar-refractivity contribution in [2.24, 2.45) is 4.99 Å². The van der Waals surface area contributed by atoms with Crippen LogP contribution in [-0.2, 0) is 14.3 Å². The monoisotopic (exact) mass is 602 g/mol. The first-order valence-electron chi connectivity index (χ1n) is 13.6. The summed E-state index contributed by atoms with van der Waals surface area (Å²) < 4.78 is 29.4. The van der Waals surface area contributed by atoms with Gasteiger partial charge in [0.15, 0.2) is 4.80 Å². The summed E-state index contributed by atoms with van der Waals surface area (Å²) in [5.74, 6) is 1.06. The zero-order valence-electron chi connectivity index (χ0n) is 24.3. The van der Waals surface area contributed by atoms with Crippen molar-refractivity contribution >= 4 is 29.4 Å². The number of allylic oxidation sites excluding steroid dienone is 1. The minimum absolute atomic E-state index is 0.161. The van der Waals surface area contributed by atoms with E-state index in [2.05, 4.69) is 4.99 Å². The molecule has 0 saturated heterocycles. The molecule has 10 nitrogen and oxygen atoms in total. The summed E-state index contributed by atoms with van der Waals surface area (Å²) in [5.41, 5.74) is 2.07. The molecule has 0 radical (unpaired) electrons. The number of ether oxygens (including phenoxy) is 4. The number of rotatable bonds is 9. The molecule has 1 atom stereocenters. The van der Waals surface area contributed by atoms with Gasteiger partial charge in [-0.2, -0.15) is 0 Å². The standard InChI is InChI=1S/C32H30N2O8S/c1-6-40-30(36)20-10-8-19(9-11-20)24-14-13-22(42-24)17-26-29(35)34-28(23-16-21(38-4)12-15-25(23)39-5)27(31(37)41-7-2)18(3)33-32(34)43-26/h8-17,28H,6-7H2,1-5H3/b26-17+/t28-/m0/s1. The summed E-state index contributed by atoms with van der Waals surface area (Å²) in [4.78, 5) is 44.2. The number of nitrogens with zero attached hydrogens (tertiary/aromatic N) is 2. The molecule has 0 fully saturated rings. The van der Waals surface area contributed by atoms with Crippen molar-refractivity contribution in [3.63, 3.8) is 0 Å². The average Bonchev–Trinajstić information content (AvgIpc) is 3.60. The number of carbonyl (C=O) groups is 2. The molecular formula is C32H30N2O8S. The molecule has 43 heavy (non-hydrogen) atoms. The maximum atomic E-state index is 14.0. The van der Waals surface area contributed by atoms with Crippen LogP contribution >= 0.6 is 11.3 Å². The average molecular weight is 603 g/mol. The van der Waals surface area contributed by atoms with Crippen LogP contribution < -0.4 is 24.4 Å². The lowest BCUT2D eigenvalue weighted by Gasteiger charge is -2.26. The number of methoxy groups -OCH3 is 2. The summed E-state index contributed by atoms with van der Waals surface area (Å²) in [6, 6.07) is 14.8. The Hall–Kier alpha value is -4.90. The lowest BCUT2D eigenvalue weighted by molar-refractivity contribution is -0.139. The van der Waals surface area contributed by atoms with E-state index in [1.807, 2.05) is 0 Å². The molecule has 1 aliphatic heterocycles. The van der Waals surface area contributed by atoms with Gasteiger partial charge in [-0.1, -0.05) is 23.5 Å². The minimum Gasteiger partial charge on any atom is -0.497 e. The lowest BCUT2D eigenvalue weighted by atomic mass is 9.95. The number of esters is 2. The first kappa shape index (κ1) is 29.6. The molecule has 4 aromatic rings. The van der Waals surface area contributed by atoms with Crippen molar-refractivity contribution in [3.8, 4) is 22.8 Å². The van der Waals surface area contributed by atoms with Crippen LogP contribution in [0.1, 0.15) is 48.5 Å². The maximum absolute atomic E-state index is 14.0. The summed E-state index contributed by atoms with van der Waals surface area (Å²) in [6.45, 7) is 5.65. The van der Waals surface area contributed by atoms with Crippen molar-refractivity contribution in [2.75, 3.05) is 27.4 Å². The quantitative estimate of drug-likeness (QED) is 0.261. The minimum atomic E-state index is -0.868. The van der Waals surface area contributed by atoms with Crippen LogP contribution in [0.15, 0.2) is 80.1 Å². The van der Waals surface area contributed by atoms with Gasteiger partial charge >= 0.3 is 11.9 Å². The first-order valence-corrected chi connectivity index (χ1v) is 14.4. The van der Waals surface area contributed by atoms with Crippen molar-refractivity contribution in [1.29, 1.82) is 0 Å². The number of furan rings is 1. The van der Waals surface area contributed by atoms with E-state index in [0.717, 1.165) is 5.56 Å². The maximum Gasteiger partial charge on any atom is 0.338 e. The molecule has 0 amide bonds. The zero-order chi connectivity index (χ0) is 30.7. The SMILES string of the molecule is CCOC(=O)C1=C(C)N=c2s/c(=C/c3ccc(-c4ccc(C(=O)OCC)cc4)o3)c(=O)n2[C@H]1c1cc(OC)ccc1OC. The Morgan fingerprint density at radius 1 is 0.977 bits per heavy atom. The molecule has 2 aromatic heterocycles. The largest absolute Gasteiger partial charge is 0.497 e. The highest BCUT2D eigenvalue weighted by Gasteiger charge is 2.35. The second-order valence-corrected chi connectivity index (χ2v) is 10.4. The molecule has 0 unspecified atom stereocenters. The smallest absolute Gasteiger partial charge is 0.338 e. The summed E-state index contributed by atoms with van der Waals surface area (Å²) in [5, 5.41) is 0. The number of benzene rings is 2. The van der Waals surface area contributed by atoms with E-state index < -0.39 is 18.0 Å². The van der Waals surface area contributed by atoms with Gasteiger partial charge in [-0.3, -0.25) is 9.36 Å². The molecule has 0 N–H and O–H groups in total. The second-order valence-electron chi connectivity index (χ2n) is 9.41. The Kier molecular flexibility index (Phi) is 8.63. The van der Waals surface area contributed by atoms with E-state index in [0.29, 0.717) is 55.8 Å². The van der Waals surface area contributed by atoms with Crippen molar-refractivity contribution in [2.45, 2.75) is 26.8 Å². The molecular weight excluding hydrogens is 572 g/mol. The van der Waals surface area contributed by atoms with Gasteiger partial charge in [0.05, 0.1) is 48.8 Å². The Labute approximate surface area is 251 Å². The number of thiazole rings is 1. The molecule has 11 heteroatoms. The molecule has 0 bridgehead atoms. The van der Waals surface area contributed by atoms with Gasteiger partial charge in [-0.25, -0.2) is 14.6 Å². The molecule has 0 spiro atoms. The molecule has 5 rings (SSSR count). The Morgan fingerprint density at radius 3 is 2.37 bits per heavy atom. The fourth-order valence-electron chi connectivity index (χ4n) is 4.84. The predicted octanol–water partition coefficient (Wildman–Crippen LogP) is 4.25. The summed E-state index contributed by atoms with van der Waals surface area (Å²) in [7, 11) is 3.06. The molecule has 1 aliphatic rings. The van der Waals surface area contributed by atoms with Gasteiger partial charge < -0.3 is 23.4 Å². The van der Waals surface area contributed by atoms with E-state index in [-0.39, 0.29) is 17.7 Å². The van der Waals surface area contributed by atoms with E-state index in [4.69, 9.17) is 23.4 Å². The molecule has 222 valence electrons. The number of hydrogen-bond acceptors (Lipinski definition) is 10. The van der Waals surface area contributed by atoms with Crippen LogP contribution in [0, 0.1) is 0 Å². The van der Waals surface area contributed by atoms with Crippen LogP contribution in [0.3, 0.4) is 0 Å². The lowest BCUT2D eigenvalue weighted by Crippen LogP contribution is -2.40. The second kappa shape index (κ2) is 12.5. The summed E-state index contributed by atoms with van der Waals surface area (Å²) >= 11 is 1.18. The van der Waals surface area contributed by atoms with Gasteiger partial charge in [0, 0.05) is 17.2 Å². The van der Waals surface area contributed by atoms with Crippen LogP contribution in [0.2, 0.25) is 0 Å². The third-order valence-electron chi connectivity index (χ3n) is 6.83. The fourth-order valence-corrected chi connectivity index (χ4v) is 5.87. The van der Waals surface area contributed by atoms with Crippen LogP contribution in [0.5, 0.6) is 11.5 Å². The van der Waals surface area contributed by atoms with E-state index in [1.165, 1.54) is 30.1 Å². The third kappa shape index (κ3) is 5.76. The summed E-state index contributed by atoms with van der Waals surface area (Å²) in [6.07, 6.45) is 1.64. The van der Waals surface area contributed by atoms with E-state index in [1.54, 1.807) is 81.4 Å². The Bertz CT molecular complexity index is 1900. The number of aromatic nitrogens is 1. The van der Waals surface area contributed by atoms with Crippen molar-refractivity contribution in [3.05, 3.63) is 102 Å². The molecule has 3 heterocycles. The fraction of sp³-hybridized carbons (Fsp3) is 0.250. The van der Waals surface area contributed by atoms with Gasteiger partial charge in [-0.15, -0.1) is 0 Å². The first-order chi connectivity index (χ1) is 20.8.